The molecular weight excluding hydrogens is 299 g/mol. The Morgan fingerprint density at radius 2 is 2.17 bits per heavy atom. The minimum atomic E-state index is -0.874. The zero-order chi connectivity index (χ0) is 16.8. The van der Waals surface area contributed by atoms with E-state index in [2.05, 4.69) is 6.92 Å². The molecule has 2 unspecified atom stereocenters. The topological polar surface area (TPSA) is 55.8 Å². The van der Waals surface area contributed by atoms with Crippen molar-refractivity contribution in [2.45, 2.75) is 52.1 Å². The number of halogens is 1. The molecule has 1 aliphatic rings. The number of rotatable bonds is 7. The first kappa shape index (κ1) is 17.7. The molecule has 1 heterocycles. The van der Waals surface area contributed by atoms with Crippen molar-refractivity contribution in [1.82, 2.24) is 0 Å². The van der Waals surface area contributed by atoms with Crippen molar-refractivity contribution in [3.8, 4) is 11.5 Å². The third kappa shape index (κ3) is 4.44. The maximum Gasteiger partial charge on any atom is 0.207 e. The third-order valence-corrected chi connectivity index (χ3v) is 4.23. The molecule has 128 valence electrons. The molecule has 0 aromatic heterocycles. The van der Waals surface area contributed by atoms with E-state index in [1.807, 2.05) is 0 Å². The normalized spacial score (nSPS) is 21.2. The molecule has 1 N–H and O–H groups in total. The second-order valence-electron chi connectivity index (χ2n) is 6.02. The van der Waals surface area contributed by atoms with Crippen molar-refractivity contribution in [1.29, 1.82) is 0 Å². The molecule has 23 heavy (non-hydrogen) atoms. The van der Waals surface area contributed by atoms with Crippen molar-refractivity contribution in [3.63, 3.8) is 0 Å². The summed E-state index contributed by atoms with van der Waals surface area (Å²) in [6.07, 6.45) is 4.58. The first-order valence-corrected chi connectivity index (χ1v) is 8.35. The molecule has 0 amide bonds. The second-order valence-corrected chi connectivity index (χ2v) is 6.02. The molecule has 2 atom stereocenters. The van der Waals surface area contributed by atoms with E-state index in [0.29, 0.717) is 19.3 Å². The van der Waals surface area contributed by atoms with Crippen molar-refractivity contribution in [2.24, 2.45) is 5.92 Å². The Bertz CT molecular complexity index is 536. The van der Waals surface area contributed by atoms with Crippen LogP contribution in [0.3, 0.4) is 0 Å². The predicted octanol–water partition coefficient (Wildman–Crippen LogP) is 4.10. The zero-order valence-corrected chi connectivity index (χ0v) is 13.8. The van der Waals surface area contributed by atoms with Gasteiger partial charge < -0.3 is 14.6 Å². The fourth-order valence-electron chi connectivity index (χ4n) is 2.98. The van der Waals surface area contributed by atoms with E-state index in [0.717, 1.165) is 25.7 Å². The van der Waals surface area contributed by atoms with Crippen LogP contribution in [0.4, 0.5) is 4.39 Å². The van der Waals surface area contributed by atoms with Crippen molar-refractivity contribution in [3.05, 3.63) is 23.5 Å². The number of hydrogen-bond acceptors (Lipinski definition) is 4. The van der Waals surface area contributed by atoms with Crippen LogP contribution >= 0.6 is 0 Å². The average Bonchev–Trinajstić information content (AvgIpc) is 2.54. The van der Waals surface area contributed by atoms with E-state index in [1.165, 1.54) is 12.1 Å². The van der Waals surface area contributed by atoms with Gasteiger partial charge in [-0.15, -0.1) is 0 Å². The van der Waals surface area contributed by atoms with Crippen LogP contribution < -0.4 is 4.74 Å². The molecule has 1 aromatic carbocycles. The van der Waals surface area contributed by atoms with Gasteiger partial charge in [-0.25, -0.2) is 0 Å². The average molecular weight is 324 g/mol. The summed E-state index contributed by atoms with van der Waals surface area (Å²) >= 11 is 0. The molecule has 1 aliphatic heterocycles. The number of ketones is 1. The lowest BCUT2D eigenvalue weighted by atomic mass is 9.90. The first-order valence-electron chi connectivity index (χ1n) is 8.35. The molecule has 0 bridgehead atoms. The van der Waals surface area contributed by atoms with E-state index in [-0.39, 0.29) is 29.4 Å². The highest BCUT2D eigenvalue weighted by Crippen LogP contribution is 2.32. The Labute approximate surface area is 136 Å². The molecule has 0 saturated carbocycles. The van der Waals surface area contributed by atoms with Crippen LogP contribution in [0.25, 0.3) is 0 Å². The van der Waals surface area contributed by atoms with Crippen LogP contribution in [0, 0.1) is 11.7 Å². The molecule has 4 nitrogen and oxygen atoms in total. The van der Waals surface area contributed by atoms with Crippen LogP contribution in [0.15, 0.2) is 12.1 Å². The van der Waals surface area contributed by atoms with Gasteiger partial charge in [0.25, 0.3) is 0 Å². The first-order chi connectivity index (χ1) is 11.1. The number of aromatic hydroxyl groups is 1. The maximum atomic E-state index is 14.0. The molecule has 0 radical (unpaired) electrons. The Morgan fingerprint density at radius 1 is 1.39 bits per heavy atom. The molecule has 2 rings (SSSR count). The summed E-state index contributed by atoms with van der Waals surface area (Å²) in [5, 5.41) is 9.91. The van der Waals surface area contributed by atoms with Crippen LogP contribution in [-0.2, 0) is 4.74 Å². The fourth-order valence-corrected chi connectivity index (χ4v) is 2.98. The predicted molar refractivity (Wildman–Crippen MR) is 85.6 cm³/mol. The molecule has 0 spiro atoms. The van der Waals surface area contributed by atoms with E-state index in [4.69, 9.17) is 9.47 Å². The van der Waals surface area contributed by atoms with Crippen LogP contribution in [0.1, 0.15) is 56.3 Å². The van der Waals surface area contributed by atoms with Crippen LogP contribution in [-0.4, -0.2) is 30.2 Å². The highest BCUT2D eigenvalue weighted by molar-refractivity contribution is 5.99. The Kier molecular flexibility index (Phi) is 6.39. The van der Waals surface area contributed by atoms with Gasteiger partial charge in [0.15, 0.2) is 17.3 Å². The van der Waals surface area contributed by atoms with E-state index in [9.17, 15) is 14.3 Å². The minimum Gasteiger partial charge on any atom is -0.504 e. The van der Waals surface area contributed by atoms with Crippen LogP contribution in [0.2, 0.25) is 0 Å². The molecular formula is C18H25FO4. The highest BCUT2D eigenvalue weighted by Gasteiger charge is 2.25. The second kappa shape index (κ2) is 8.29. The zero-order valence-electron chi connectivity index (χ0n) is 13.8. The molecule has 5 heteroatoms. The van der Waals surface area contributed by atoms with Crippen molar-refractivity contribution in [2.75, 3.05) is 13.2 Å². The number of hydrogen-bond donors (Lipinski definition) is 1. The van der Waals surface area contributed by atoms with Gasteiger partial charge in [0.1, 0.15) is 0 Å². The summed E-state index contributed by atoms with van der Waals surface area (Å²) in [7, 11) is 0. The highest BCUT2D eigenvalue weighted by atomic mass is 19.1. The summed E-state index contributed by atoms with van der Waals surface area (Å²) in [5.74, 6) is -1.66. The summed E-state index contributed by atoms with van der Waals surface area (Å²) in [6.45, 7) is 4.70. The Balaban J connectivity index is 1.98. The number of phenolic OH excluding ortho intramolecular Hbond substituents is 1. The number of Topliss-reactive ketones (excluding diaryl/α,β-unsaturated/α-hetero) is 1. The summed E-state index contributed by atoms with van der Waals surface area (Å²) in [4.78, 5) is 12.3. The summed E-state index contributed by atoms with van der Waals surface area (Å²) in [5.41, 5.74) is 0.0154. The van der Waals surface area contributed by atoms with Gasteiger partial charge in [-0.3, -0.25) is 4.79 Å². The Morgan fingerprint density at radius 3 is 2.78 bits per heavy atom. The van der Waals surface area contributed by atoms with Gasteiger partial charge in [-0.05, 0) is 44.2 Å². The SMILES string of the molecule is CCCC1CCC(CC(=O)c2ccc(OCC)c(F)c2O)CO1. The number of phenols is 1. The summed E-state index contributed by atoms with van der Waals surface area (Å²) in [6, 6.07) is 2.82. The van der Waals surface area contributed by atoms with Crippen molar-refractivity contribution < 1.29 is 23.8 Å². The molecule has 1 fully saturated rings. The number of carbonyl (C=O) groups is 1. The van der Waals surface area contributed by atoms with Gasteiger partial charge in [0.05, 0.1) is 24.9 Å². The van der Waals surface area contributed by atoms with Crippen LogP contribution in [0.5, 0.6) is 11.5 Å². The lowest BCUT2D eigenvalue weighted by Gasteiger charge is -2.28. The summed E-state index contributed by atoms with van der Waals surface area (Å²) < 4.78 is 24.8. The van der Waals surface area contributed by atoms with E-state index in [1.54, 1.807) is 6.92 Å². The lowest BCUT2D eigenvalue weighted by Crippen LogP contribution is -2.27. The van der Waals surface area contributed by atoms with Gasteiger partial charge in [0, 0.05) is 6.42 Å². The van der Waals surface area contributed by atoms with Gasteiger partial charge in [0.2, 0.25) is 5.82 Å². The fraction of sp³-hybridized carbons (Fsp3) is 0.611. The maximum absolute atomic E-state index is 14.0. The lowest BCUT2D eigenvalue weighted by molar-refractivity contribution is -0.0205. The third-order valence-electron chi connectivity index (χ3n) is 4.23. The number of benzene rings is 1. The monoisotopic (exact) mass is 324 g/mol. The quantitative estimate of drug-likeness (QED) is 0.767. The standard InChI is InChI=1S/C18H25FO4/c1-3-5-13-7-6-12(11-23-13)10-15(20)14-8-9-16(22-4-2)17(19)18(14)21/h8-9,12-13,21H,3-7,10-11H2,1-2H3. The molecule has 1 saturated heterocycles. The largest absolute Gasteiger partial charge is 0.504 e. The van der Waals surface area contributed by atoms with E-state index < -0.39 is 11.6 Å². The minimum absolute atomic E-state index is 0.0154. The van der Waals surface area contributed by atoms with Gasteiger partial charge in [-0.1, -0.05) is 13.3 Å². The van der Waals surface area contributed by atoms with Gasteiger partial charge >= 0.3 is 0 Å². The number of carbonyl (C=O) groups excluding carboxylic acids is 1. The smallest absolute Gasteiger partial charge is 0.207 e. The molecule has 0 aliphatic carbocycles. The van der Waals surface area contributed by atoms with E-state index >= 15 is 0 Å². The van der Waals surface area contributed by atoms with Crippen molar-refractivity contribution >= 4 is 5.78 Å². The molecule has 1 aromatic rings. The van der Waals surface area contributed by atoms with Gasteiger partial charge in [-0.2, -0.15) is 4.39 Å². The Hall–Kier alpha value is -1.62. The number of ether oxygens (including phenoxy) is 2.